The first kappa shape index (κ1) is 28.1. The van der Waals surface area contributed by atoms with Crippen LogP contribution in [0.25, 0.3) is 0 Å². The Hall–Kier alpha value is -3.43. The predicted octanol–water partition coefficient (Wildman–Crippen LogP) is 5.94. The fourth-order valence-corrected chi connectivity index (χ4v) is 3.85. The van der Waals surface area contributed by atoms with E-state index in [0.717, 1.165) is 35.7 Å². The minimum Gasteiger partial charge on any atom is -0.493 e. The van der Waals surface area contributed by atoms with Gasteiger partial charge in [-0.3, -0.25) is 25.8 Å². The molecule has 0 unspecified atom stereocenters. The first-order chi connectivity index (χ1) is 18.0. The minimum absolute atomic E-state index is 0.0463. The number of carbonyl (C=O) groups is 2. The van der Waals surface area contributed by atoms with Gasteiger partial charge in [0.2, 0.25) is 0 Å². The van der Waals surface area contributed by atoms with Gasteiger partial charge in [0.05, 0.1) is 12.2 Å². The molecule has 0 heterocycles. The fourth-order valence-electron chi connectivity index (χ4n) is 3.35. The molecule has 0 radical (unpaired) electrons. The molecule has 0 aliphatic heterocycles. The Labute approximate surface area is 231 Å². The Balaban J connectivity index is 1.47. The molecule has 0 aliphatic carbocycles. The zero-order chi connectivity index (χ0) is 26.5. The zero-order valence-corrected chi connectivity index (χ0v) is 23.0. The number of carbonyl (C=O) groups excluding carboxylic acids is 2. The highest BCUT2D eigenvalue weighted by molar-refractivity contribution is 9.10. The fraction of sp³-hybridized carbons (Fsp3) is 0.250. The summed E-state index contributed by atoms with van der Waals surface area (Å²) in [7, 11) is 0. The smallest absolute Gasteiger partial charge is 0.269 e. The molecule has 3 N–H and O–H groups in total. The molecule has 194 valence electrons. The van der Waals surface area contributed by atoms with Crippen LogP contribution in [-0.4, -0.2) is 23.5 Å². The molecule has 9 heteroatoms. The van der Waals surface area contributed by atoms with Crippen LogP contribution in [0.5, 0.6) is 11.5 Å². The minimum atomic E-state index is -0.448. The number of ether oxygens (including phenoxy) is 2. The monoisotopic (exact) mass is 583 g/mol. The molecule has 7 nitrogen and oxygen atoms in total. The molecule has 0 aromatic heterocycles. The summed E-state index contributed by atoms with van der Waals surface area (Å²) >= 11 is 8.57. The van der Waals surface area contributed by atoms with E-state index >= 15 is 0 Å². The average molecular weight is 585 g/mol. The second-order valence-electron chi connectivity index (χ2n) is 8.21. The van der Waals surface area contributed by atoms with E-state index in [2.05, 4.69) is 39.0 Å². The molecule has 3 rings (SSSR count). The van der Waals surface area contributed by atoms with E-state index in [4.69, 9.17) is 21.7 Å². The van der Waals surface area contributed by atoms with Gasteiger partial charge in [-0.25, -0.2) is 0 Å². The molecule has 0 saturated carbocycles. The van der Waals surface area contributed by atoms with Gasteiger partial charge in [0.15, 0.2) is 5.11 Å². The molecule has 0 spiro atoms. The van der Waals surface area contributed by atoms with Crippen molar-refractivity contribution in [3.63, 3.8) is 0 Å². The number of benzene rings is 3. The number of hydrogen-bond donors (Lipinski definition) is 3. The van der Waals surface area contributed by atoms with Gasteiger partial charge in [-0.15, -0.1) is 0 Å². The van der Waals surface area contributed by atoms with Gasteiger partial charge in [0.1, 0.15) is 18.1 Å². The molecule has 0 aliphatic rings. The van der Waals surface area contributed by atoms with Crippen LogP contribution in [0.2, 0.25) is 0 Å². The third-order valence-corrected chi connectivity index (χ3v) is 6.02. The van der Waals surface area contributed by atoms with Crippen molar-refractivity contribution in [1.82, 2.24) is 16.2 Å². The normalized spacial score (nSPS) is 10.3. The van der Waals surface area contributed by atoms with Crippen LogP contribution in [0, 0.1) is 0 Å². The van der Waals surface area contributed by atoms with E-state index in [0.29, 0.717) is 35.8 Å². The molecule has 3 aromatic carbocycles. The molecular weight excluding hydrogens is 554 g/mol. The van der Waals surface area contributed by atoms with Crippen LogP contribution in [0.15, 0.2) is 77.3 Å². The van der Waals surface area contributed by atoms with E-state index in [1.54, 1.807) is 36.4 Å². The number of nitrogens with one attached hydrogen (secondary N) is 3. The van der Waals surface area contributed by atoms with Gasteiger partial charge in [0, 0.05) is 10.0 Å². The molecule has 0 bridgehead atoms. The zero-order valence-electron chi connectivity index (χ0n) is 20.6. The second-order valence-corrected chi connectivity index (χ2v) is 9.53. The lowest BCUT2D eigenvalue weighted by atomic mass is 10.2. The number of amides is 2. The largest absolute Gasteiger partial charge is 0.493 e. The highest BCUT2D eigenvalue weighted by Gasteiger charge is 2.15. The summed E-state index contributed by atoms with van der Waals surface area (Å²) in [5, 5.41) is 2.52. The van der Waals surface area contributed by atoms with E-state index in [9.17, 15) is 9.59 Å². The summed E-state index contributed by atoms with van der Waals surface area (Å²) < 4.78 is 12.3. The highest BCUT2D eigenvalue weighted by atomic mass is 79.9. The van der Waals surface area contributed by atoms with Gasteiger partial charge in [-0.2, -0.15) is 0 Å². The van der Waals surface area contributed by atoms with Crippen LogP contribution >= 0.6 is 28.1 Å². The first-order valence-corrected chi connectivity index (χ1v) is 13.3. The quantitative estimate of drug-likeness (QED) is 0.147. The lowest BCUT2D eigenvalue weighted by Crippen LogP contribution is -2.48. The van der Waals surface area contributed by atoms with E-state index < -0.39 is 11.8 Å². The predicted molar refractivity (Wildman–Crippen MR) is 152 cm³/mol. The maximum absolute atomic E-state index is 12.8. The van der Waals surface area contributed by atoms with E-state index in [1.807, 2.05) is 36.4 Å². The maximum Gasteiger partial charge on any atom is 0.269 e. The van der Waals surface area contributed by atoms with Gasteiger partial charge in [0.25, 0.3) is 11.8 Å². The maximum atomic E-state index is 12.8. The molecular formula is C28H30BrN3O4S. The molecule has 3 aromatic rings. The Morgan fingerprint density at radius 2 is 1.62 bits per heavy atom. The summed E-state index contributed by atoms with van der Waals surface area (Å²) in [5.41, 5.74) is 6.84. The summed E-state index contributed by atoms with van der Waals surface area (Å²) in [6.45, 7) is 3.11. The average Bonchev–Trinajstić information content (AvgIpc) is 2.92. The first-order valence-electron chi connectivity index (χ1n) is 12.1. The number of thiocarbonyl (C=S) groups is 1. The number of unbranched alkanes of at least 4 members (excludes halogenated alkanes) is 3. The molecule has 0 saturated heterocycles. The standard InChI is InChI=1S/C28H30BrN3O4S/c1-2-3-4-8-17-35-25-16-13-22(29)18-24(25)27(34)30-28(37)32-31-26(33)21-11-14-23(15-12-21)36-19-20-9-6-5-7-10-20/h5-7,9-16,18H,2-4,8,17,19H2,1H3,(H,31,33)(H2,30,32,34,37). The van der Waals surface area contributed by atoms with E-state index in [-0.39, 0.29) is 5.11 Å². The van der Waals surface area contributed by atoms with Crippen LogP contribution < -0.4 is 25.6 Å². The Kier molecular flexibility index (Phi) is 11.4. The lowest BCUT2D eigenvalue weighted by molar-refractivity contribution is 0.0933. The third kappa shape index (κ3) is 9.51. The lowest BCUT2D eigenvalue weighted by Gasteiger charge is -2.14. The molecule has 2 amide bonds. The Bertz CT molecular complexity index is 1190. The van der Waals surface area contributed by atoms with Crippen molar-refractivity contribution < 1.29 is 19.1 Å². The third-order valence-electron chi connectivity index (χ3n) is 5.32. The number of hydrazine groups is 1. The van der Waals surface area contributed by atoms with Crippen LogP contribution in [0.1, 0.15) is 58.9 Å². The van der Waals surface area contributed by atoms with Gasteiger partial charge < -0.3 is 9.47 Å². The summed E-state index contributed by atoms with van der Waals surface area (Å²) in [5.74, 6) is 0.258. The second kappa shape index (κ2) is 15.0. The number of rotatable bonds is 11. The van der Waals surface area contributed by atoms with E-state index in [1.165, 1.54) is 0 Å². The van der Waals surface area contributed by atoms with Crippen LogP contribution in [-0.2, 0) is 6.61 Å². The van der Waals surface area contributed by atoms with Crippen molar-refractivity contribution in [1.29, 1.82) is 0 Å². The van der Waals surface area contributed by atoms with Crippen molar-refractivity contribution in [2.45, 2.75) is 39.2 Å². The number of halogens is 1. The van der Waals surface area contributed by atoms with Crippen molar-refractivity contribution in [2.24, 2.45) is 0 Å². The molecule has 0 fully saturated rings. The van der Waals surface area contributed by atoms with Gasteiger partial charge in [-0.1, -0.05) is 72.4 Å². The molecule has 37 heavy (non-hydrogen) atoms. The topological polar surface area (TPSA) is 88.7 Å². The Morgan fingerprint density at radius 1 is 0.865 bits per heavy atom. The Morgan fingerprint density at radius 3 is 2.35 bits per heavy atom. The molecule has 0 atom stereocenters. The van der Waals surface area contributed by atoms with Crippen molar-refractivity contribution in [3.8, 4) is 11.5 Å². The van der Waals surface area contributed by atoms with Gasteiger partial charge in [-0.05, 0) is 66.7 Å². The van der Waals surface area contributed by atoms with Crippen molar-refractivity contribution >= 4 is 45.1 Å². The van der Waals surface area contributed by atoms with Crippen molar-refractivity contribution in [2.75, 3.05) is 6.61 Å². The van der Waals surface area contributed by atoms with Gasteiger partial charge >= 0.3 is 0 Å². The summed E-state index contributed by atoms with van der Waals surface area (Å²) in [6, 6.07) is 21.8. The summed E-state index contributed by atoms with van der Waals surface area (Å²) in [6.07, 6.45) is 4.28. The SMILES string of the molecule is CCCCCCOc1ccc(Br)cc1C(=O)NC(=S)NNC(=O)c1ccc(OCc2ccccc2)cc1. The highest BCUT2D eigenvalue weighted by Crippen LogP contribution is 2.23. The van der Waals surface area contributed by atoms with Crippen LogP contribution in [0.3, 0.4) is 0 Å². The number of hydrogen-bond acceptors (Lipinski definition) is 5. The van der Waals surface area contributed by atoms with Crippen molar-refractivity contribution in [3.05, 3.63) is 94.0 Å². The summed E-state index contributed by atoms with van der Waals surface area (Å²) in [4.78, 5) is 25.3. The van der Waals surface area contributed by atoms with Crippen LogP contribution in [0.4, 0.5) is 0 Å².